The van der Waals surface area contributed by atoms with Crippen molar-refractivity contribution in [2.45, 2.75) is 53.5 Å². The van der Waals surface area contributed by atoms with Gasteiger partial charge in [0.05, 0.1) is 0 Å². The molecule has 0 aliphatic rings. The SMILES string of the molecule is CCC(C)(C)CNC(=O)c1sc(NC(C)(C)C)nc1N. The van der Waals surface area contributed by atoms with Gasteiger partial charge in [-0.15, -0.1) is 0 Å². The molecule has 1 aromatic rings. The van der Waals surface area contributed by atoms with E-state index in [2.05, 4.69) is 36.4 Å². The van der Waals surface area contributed by atoms with Crippen LogP contribution in [0.5, 0.6) is 0 Å². The predicted octanol–water partition coefficient (Wildman–Crippen LogP) is 3.10. The van der Waals surface area contributed by atoms with Crippen LogP contribution in [-0.4, -0.2) is 23.0 Å². The number of amides is 1. The van der Waals surface area contributed by atoms with E-state index >= 15 is 0 Å². The summed E-state index contributed by atoms with van der Waals surface area (Å²) in [5.74, 6) is 0.136. The van der Waals surface area contributed by atoms with Crippen molar-refractivity contribution in [3.8, 4) is 0 Å². The summed E-state index contributed by atoms with van der Waals surface area (Å²) in [7, 11) is 0. The summed E-state index contributed by atoms with van der Waals surface area (Å²) in [6.07, 6.45) is 1.00. The molecule has 114 valence electrons. The third-order valence-electron chi connectivity index (χ3n) is 3.03. The number of anilines is 2. The zero-order valence-corrected chi connectivity index (χ0v) is 14.1. The molecule has 0 atom stereocenters. The molecular weight excluding hydrogens is 272 g/mol. The molecule has 0 saturated heterocycles. The van der Waals surface area contributed by atoms with E-state index in [0.717, 1.165) is 6.42 Å². The fraction of sp³-hybridized carbons (Fsp3) is 0.714. The van der Waals surface area contributed by atoms with Gasteiger partial charge >= 0.3 is 0 Å². The summed E-state index contributed by atoms with van der Waals surface area (Å²) in [6.45, 7) is 13.1. The Bertz CT molecular complexity index is 474. The Hall–Kier alpha value is -1.30. The van der Waals surface area contributed by atoms with E-state index in [-0.39, 0.29) is 22.7 Å². The average molecular weight is 298 g/mol. The summed E-state index contributed by atoms with van der Waals surface area (Å²) in [5.41, 5.74) is 5.81. The number of thiazole rings is 1. The minimum atomic E-state index is -0.150. The Morgan fingerprint density at radius 1 is 1.30 bits per heavy atom. The lowest BCUT2D eigenvalue weighted by atomic mass is 9.90. The zero-order valence-electron chi connectivity index (χ0n) is 13.3. The summed E-state index contributed by atoms with van der Waals surface area (Å²) >= 11 is 1.29. The first kappa shape index (κ1) is 16.8. The Balaban J connectivity index is 2.74. The van der Waals surface area contributed by atoms with Crippen LogP contribution in [0.4, 0.5) is 10.9 Å². The number of hydrogen-bond donors (Lipinski definition) is 3. The molecule has 0 aromatic carbocycles. The van der Waals surface area contributed by atoms with E-state index in [4.69, 9.17) is 5.73 Å². The van der Waals surface area contributed by atoms with Crippen LogP contribution in [0.15, 0.2) is 0 Å². The van der Waals surface area contributed by atoms with Crippen molar-refractivity contribution >= 4 is 28.2 Å². The minimum Gasteiger partial charge on any atom is -0.382 e. The highest BCUT2D eigenvalue weighted by Crippen LogP contribution is 2.27. The highest BCUT2D eigenvalue weighted by molar-refractivity contribution is 7.18. The van der Waals surface area contributed by atoms with Gasteiger partial charge in [0, 0.05) is 12.1 Å². The second-order valence-electron chi connectivity index (χ2n) is 6.81. The van der Waals surface area contributed by atoms with Crippen molar-refractivity contribution in [1.82, 2.24) is 10.3 Å². The molecule has 0 unspecified atom stereocenters. The Labute approximate surface area is 125 Å². The first-order valence-electron chi connectivity index (χ1n) is 6.87. The molecule has 1 rings (SSSR count). The molecule has 1 heterocycles. The van der Waals surface area contributed by atoms with Crippen molar-refractivity contribution in [3.63, 3.8) is 0 Å². The standard InChI is InChI=1S/C14H26N4OS/c1-7-14(5,6)8-16-11(19)9-10(15)17-12(20-9)18-13(2,3)4/h7-8,15H2,1-6H3,(H,16,19)(H,17,18). The molecule has 4 N–H and O–H groups in total. The van der Waals surface area contributed by atoms with Gasteiger partial charge in [-0.05, 0) is 32.6 Å². The lowest BCUT2D eigenvalue weighted by molar-refractivity contribution is 0.0940. The van der Waals surface area contributed by atoms with Gasteiger partial charge < -0.3 is 16.4 Å². The van der Waals surface area contributed by atoms with Crippen LogP contribution in [0.1, 0.15) is 57.6 Å². The number of carbonyl (C=O) groups excluding carboxylic acids is 1. The Morgan fingerprint density at radius 3 is 2.40 bits per heavy atom. The predicted molar refractivity (Wildman–Crippen MR) is 86.3 cm³/mol. The molecule has 0 aliphatic heterocycles. The second kappa shape index (κ2) is 5.99. The number of aromatic nitrogens is 1. The summed E-state index contributed by atoms with van der Waals surface area (Å²) < 4.78 is 0. The minimum absolute atomic E-state index is 0.0849. The summed E-state index contributed by atoms with van der Waals surface area (Å²) in [6, 6.07) is 0. The molecule has 1 aromatic heterocycles. The Morgan fingerprint density at radius 2 is 1.90 bits per heavy atom. The molecule has 5 nitrogen and oxygen atoms in total. The molecule has 0 bridgehead atoms. The van der Waals surface area contributed by atoms with Crippen molar-refractivity contribution < 1.29 is 4.79 Å². The maximum Gasteiger partial charge on any atom is 0.265 e. The summed E-state index contributed by atoms with van der Waals surface area (Å²) in [4.78, 5) is 16.8. The van der Waals surface area contributed by atoms with Crippen LogP contribution in [0.2, 0.25) is 0 Å². The average Bonchev–Trinajstić information content (AvgIpc) is 2.65. The number of carbonyl (C=O) groups is 1. The highest BCUT2D eigenvalue weighted by Gasteiger charge is 2.21. The van der Waals surface area contributed by atoms with Crippen LogP contribution in [0.3, 0.4) is 0 Å². The lowest BCUT2D eigenvalue weighted by Crippen LogP contribution is -2.33. The fourth-order valence-corrected chi connectivity index (χ4v) is 2.40. The van der Waals surface area contributed by atoms with Crippen molar-refractivity contribution in [3.05, 3.63) is 4.88 Å². The number of nitrogen functional groups attached to an aromatic ring is 1. The highest BCUT2D eigenvalue weighted by atomic mass is 32.1. The smallest absolute Gasteiger partial charge is 0.265 e. The number of rotatable bonds is 5. The van der Waals surface area contributed by atoms with Gasteiger partial charge in [-0.1, -0.05) is 32.1 Å². The normalized spacial score (nSPS) is 12.3. The topological polar surface area (TPSA) is 80.0 Å². The molecular formula is C14H26N4OS. The number of nitrogens with one attached hydrogen (secondary N) is 2. The molecule has 0 aliphatic carbocycles. The maximum atomic E-state index is 12.2. The van der Waals surface area contributed by atoms with Gasteiger partial charge in [0.2, 0.25) is 0 Å². The van der Waals surface area contributed by atoms with Gasteiger partial charge in [-0.3, -0.25) is 4.79 Å². The molecule has 20 heavy (non-hydrogen) atoms. The number of nitrogens with zero attached hydrogens (tertiary/aromatic N) is 1. The van der Waals surface area contributed by atoms with Crippen LogP contribution in [0.25, 0.3) is 0 Å². The van der Waals surface area contributed by atoms with E-state index in [1.807, 2.05) is 20.8 Å². The van der Waals surface area contributed by atoms with Crippen molar-refractivity contribution in [1.29, 1.82) is 0 Å². The van der Waals surface area contributed by atoms with Gasteiger partial charge in [0.25, 0.3) is 5.91 Å². The third-order valence-corrected chi connectivity index (χ3v) is 4.01. The van der Waals surface area contributed by atoms with E-state index in [9.17, 15) is 4.79 Å². The van der Waals surface area contributed by atoms with Gasteiger partial charge in [0.15, 0.2) is 5.13 Å². The van der Waals surface area contributed by atoms with Gasteiger partial charge in [0.1, 0.15) is 10.7 Å². The first-order chi connectivity index (χ1) is 9.04. The Kier molecular flexibility index (Phi) is 5.02. The molecule has 0 radical (unpaired) electrons. The quantitative estimate of drug-likeness (QED) is 0.780. The van der Waals surface area contributed by atoms with E-state index in [1.165, 1.54) is 11.3 Å². The molecule has 0 spiro atoms. The first-order valence-corrected chi connectivity index (χ1v) is 7.68. The second-order valence-corrected chi connectivity index (χ2v) is 7.81. The number of hydrogen-bond acceptors (Lipinski definition) is 5. The summed E-state index contributed by atoms with van der Waals surface area (Å²) in [5, 5.41) is 6.83. The molecule has 0 fully saturated rings. The van der Waals surface area contributed by atoms with E-state index < -0.39 is 0 Å². The van der Waals surface area contributed by atoms with Crippen LogP contribution < -0.4 is 16.4 Å². The monoisotopic (exact) mass is 298 g/mol. The van der Waals surface area contributed by atoms with Gasteiger partial charge in [-0.25, -0.2) is 4.98 Å². The van der Waals surface area contributed by atoms with Crippen LogP contribution in [0, 0.1) is 5.41 Å². The fourth-order valence-electron chi connectivity index (χ4n) is 1.39. The van der Waals surface area contributed by atoms with Crippen molar-refractivity contribution in [2.75, 3.05) is 17.6 Å². The van der Waals surface area contributed by atoms with E-state index in [1.54, 1.807) is 0 Å². The van der Waals surface area contributed by atoms with E-state index in [0.29, 0.717) is 16.6 Å². The van der Waals surface area contributed by atoms with Crippen molar-refractivity contribution in [2.24, 2.45) is 5.41 Å². The molecule has 0 saturated carbocycles. The zero-order chi connectivity index (χ0) is 15.6. The number of nitrogens with two attached hydrogens (primary N) is 1. The molecule has 1 amide bonds. The lowest BCUT2D eigenvalue weighted by Gasteiger charge is -2.22. The molecule has 6 heteroatoms. The largest absolute Gasteiger partial charge is 0.382 e. The third kappa shape index (κ3) is 5.00. The van der Waals surface area contributed by atoms with Crippen LogP contribution >= 0.6 is 11.3 Å². The maximum absolute atomic E-state index is 12.2. The van der Waals surface area contributed by atoms with Gasteiger partial charge in [-0.2, -0.15) is 0 Å². The van der Waals surface area contributed by atoms with Crippen LogP contribution in [-0.2, 0) is 0 Å².